The number of aliphatic hydroxyl groups excluding tert-OH is 2. The van der Waals surface area contributed by atoms with Crippen LogP contribution in [-0.2, 0) is 8.85 Å². The summed E-state index contributed by atoms with van der Waals surface area (Å²) in [6, 6.07) is 0. The quantitative estimate of drug-likeness (QED) is 0.186. The first-order chi connectivity index (χ1) is 15.5. The Hall–Kier alpha value is -0.286. The molecule has 0 aliphatic rings. The molecule has 0 aliphatic carbocycles. The van der Waals surface area contributed by atoms with Crippen LogP contribution in [0.25, 0.3) is 0 Å². The molecule has 0 spiro atoms. The van der Waals surface area contributed by atoms with Crippen molar-refractivity contribution in [3.05, 3.63) is 24.3 Å². The van der Waals surface area contributed by atoms with Crippen molar-refractivity contribution in [1.82, 2.24) is 0 Å². The molecule has 0 radical (unpaired) electrons. The summed E-state index contributed by atoms with van der Waals surface area (Å²) >= 11 is 0. The zero-order valence-electron chi connectivity index (χ0n) is 25.3. The fourth-order valence-corrected chi connectivity index (χ4v) is 5.85. The highest BCUT2D eigenvalue weighted by Gasteiger charge is 2.44. The molecule has 7 heteroatoms. The van der Waals surface area contributed by atoms with E-state index in [0.717, 1.165) is 0 Å². The molecule has 35 heavy (non-hydrogen) atoms. The van der Waals surface area contributed by atoms with Gasteiger partial charge < -0.3 is 24.2 Å². The van der Waals surface area contributed by atoms with Gasteiger partial charge in [-0.2, -0.15) is 0 Å². The molecule has 0 aromatic rings. The predicted octanol–water partition coefficient (Wildman–Crippen LogP) is 6.52. The van der Waals surface area contributed by atoms with Gasteiger partial charge in [-0.1, -0.05) is 86.6 Å². The Labute approximate surface area is 219 Å². The number of allylic oxidation sites excluding steroid dienone is 2. The summed E-state index contributed by atoms with van der Waals surface area (Å²) in [7, 11) is -3.98. The second-order valence-corrected chi connectivity index (χ2v) is 23.4. The molecule has 3 N–H and O–H groups in total. The minimum atomic E-state index is -2.08. The van der Waals surface area contributed by atoms with Gasteiger partial charge in [0.2, 0.25) is 0 Å². The molecule has 0 heterocycles. The van der Waals surface area contributed by atoms with E-state index in [1.165, 1.54) is 0 Å². The molecule has 0 amide bonds. The molecule has 0 saturated heterocycles. The molecule has 0 aromatic carbocycles. The van der Waals surface area contributed by atoms with Gasteiger partial charge >= 0.3 is 0 Å². The van der Waals surface area contributed by atoms with Gasteiger partial charge in [0, 0.05) is 24.4 Å². The lowest BCUT2D eigenvalue weighted by atomic mass is 9.84. The first kappa shape index (κ1) is 34.7. The summed E-state index contributed by atoms with van der Waals surface area (Å²) in [5.74, 6) is -0.0577. The van der Waals surface area contributed by atoms with Crippen LogP contribution in [0.4, 0.5) is 0 Å². The molecule has 0 aromatic heterocycles. The van der Waals surface area contributed by atoms with Crippen LogP contribution in [0.2, 0.25) is 36.3 Å². The summed E-state index contributed by atoms with van der Waals surface area (Å²) < 4.78 is 13.5. The Bertz CT molecular complexity index is 686. The van der Waals surface area contributed by atoms with Gasteiger partial charge in [0.05, 0.1) is 18.8 Å². The zero-order chi connectivity index (χ0) is 28.0. The van der Waals surface area contributed by atoms with Crippen LogP contribution < -0.4 is 0 Å². The van der Waals surface area contributed by atoms with Crippen molar-refractivity contribution in [2.45, 2.75) is 123 Å². The van der Waals surface area contributed by atoms with Crippen LogP contribution in [0.3, 0.4) is 0 Å². The van der Waals surface area contributed by atoms with Crippen molar-refractivity contribution >= 4 is 16.6 Å². The van der Waals surface area contributed by atoms with Crippen LogP contribution in [0, 0.1) is 17.8 Å². The van der Waals surface area contributed by atoms with E-state index in [1.807, 2.05) is 19.1 Å². The SMILES string of the molecule is C[C@H]([C@@H](O)[C@@H](C)/C=C/C=C/C(C)(O)CO)[C@@H](O[Si](C)(C)C(C)(C)C)[C@H](C)CO[Si](C)(C)C(C)(C)C. The third-order valence-electron chi connectivity index (χ3n) is 8.21. The van der Waals surface area contributed by atoms with Crippen molar-refractivity contribution in [3.8, 4) is 0 Å². The molecule has 6 atom stereocenters. The Morgan fingerprint density at radius 1 is 0.829 bits per heavy atom. The fraction of sp³-hybridized carbons (Fsp3) is 0.857. The van der Waals surface area contributed by atoms with Gasteiger partial charge in [-0.05, 0) is 43.2 Å². The lowest BCUT2D eigenvalue weighted by molar-refractivity contribution is -0.0231. The Kier molecular flexibility index (Phi) is 12.9. The van der Waals surface area contributed by atoms with E-state index >= 15 is 0 Å². The van der Waals surface area contributed by atoms with E-state index < -0.39 is 28.3 Å². The predicted molar refractivity (Wildman–Crippen MR) is 155 cm³/mol. The number of hydrogen-bond acceptors (Lipinski definition) is 5. The molecule has 0 aliphatic heterocycles. The standard InChI is InChI=1S/C28H58O5Si2/c1-21(17-15-16-18-28(10,31)20-29)24(30)23(3)25(33-35(13,14)27(7,8)9)22(2)19-32-34(11,12)26(4,5)6/h15-18,21-25,29-31H,19-20H2,1-14H3/b17-15+,18-16+/t21-,22+,23+,24-,25-,28?/m0/s1. The van der Waals surface area contributed by atoms with Crippen molar-refractivity contribution in [2.24, 2.45) is 17.8 Å². The van der Waals surface area contributed by atoms with E-state index in [4.69, 9.17) is 8.85 Å². The number of hydrogen-bond donors (Lipinski definition) is 3. The average Bonchev–Trinajstić information content (AvgIpc) is 2.70. The second-order valence-electron chi connectivity index (χ2n) is 13.9. The summed E-state index contributed by atoms with van der Waals surface area (Å²) in [4.78, 5) is 0. The topological polar surface area (TPSA) is 79.2 Å². The van der Waals surface area contributed by atoms with E-state index in [-0.39, 0.29) is 40.5 Å². The lowest BCUT2D eigenvalue weighted by Crippen LogP contribution is -2.51. The van der Waals surface area contributed by atoms with Gasteiger partial charge in [-0.3, -0.25) is 0 Å². The highest BCUT2D eigenvalue weighted by Crippen LogP contribution is 2.41. The van der Waals surface area contributed by atoms with Gasteiger partial charge in [0.15, 0.2) is 16.6 Å². The molecule has 0 fully saturated rings. The van der Waals surface area contributed by atoms with Gasteiger partial charge in [-0.25, -0.2) is 0 Å². The molecule has 0 rings (SSSR count). The van der Waals surface area contributed by atoms with Crippen LogP contribution in [0.5, 0.6) is 0 Å². The van der Waals surface area contributed by atoms with Gasteiger partial charge in [0.25, 0.3) is 0 Å². The normalized spacial score (nSPS) is 20.6. The number of rotatable bonds is 13. The first-order valence-electron chi connectivity index (χ1n) is 13.2. The Morgan fingerprint density at radius 2 is 1.31 bits per heavy atom. The van der Waals surface area contributed by atoms with Crippen molar-refractivity contribution in [2.75, 3.05) is 13.2 Å². The largest absolute Gasteiger partial charge is 0.416 e. The first-order valence-corrected chi connectivity index (χ1v) is 19.0. The molecular formula is C28H58O5Si2. The Balaban J connectivity index is 5.76. The van der Waals surface area contributed by atoms with E-state index in [9.17, 15) is 15.3 Å². The van der Waals surface area contributed by atoms with Crippen LogP contribution in [0.1, 0.15) is 69.2 Å². The maximum Gasteiger partial charge on any atom is 0.192 e. The summed E-state index contributed by atoms with van der Waals surface area (Å²) in [5, 5.41) is 30.6. The second kappa shape index (κ2) is 13.0. The van der Waals surface area contributed by atoms with Crippen LogP contribution in [-0.4, -0.2) is 63.0 Å². The van der Waals surface area contributed by atoms with Gasteiger partial charge in [-0.15, -0.1) is 0 Å². The van der Waals surface area contributed by atoms with Crippen LogP contribution in [0.15, 0.2) is 24.3 Å². The molecule has 5 nitrogen and oxygen atoms in total. The third kappa shape index (κ3) is 10.9. The third-order valence-corrected chi connectivity index (χ3v) is 17.2. The smallest absolute Gasteiger partial charge is 0.192 e. The average molecular weight is 531 g/mol. The molecule has 0 bridgehead atoms. The van der Waals surface area contributed by atoms with Crippen molar-refractivity contribution in [3.63, 3.8) is 0 Å². The van der Waals surface area contributed by atoms with Crippen molar-refractivity contribution < 1.29 is 24.2 Å². The molecule has 208 valence electrons. The maximum absolute atomic E-state index is 11.3. The highest BCUT2D eigenvalue weighted by atomic mass is 28.4. The van der Waals surface area contributed by atoms with Crippen molar-refractivity contribution in [1.29, 1.82) is 0 Å². The molecule has 0 saturated carbocycles. The Morgan fingerprint density at radius 3 is 1.74 bits per heavy atom. The van der Waals surface area contributed by atoms with Crippen LogP contribution >= 0.6 is 0 Å². The highest BCUT2D eigenvalue weighted by molar-refractivity contribution is 6.74. The van der Waals surface area contributed by atoms with E-state index in [2.05, 4.69) is 81.6 Å². The fourth-order valence-electron chi connectivity index (χ4n) is 3.25. The summed E-state index contributed by atoms with van der Waals surface area (Å²) in [6.45, 7) is 30.7. The maximum atomic E-state index is 11.3. The van der Waals surface area contributed by atoms with Gasteiger partial charge in [0.1, 0.15) is 5.60 Å². The zero-order valence-corrected chi connectivity index (χ0v) is 27.3. The molecular weight excluding hydrogens is 472 g/mol. The summed E-state index contributed by atoms with van der Waals surface area (Å²) in [5.41, 5.74) is -1.25. The molecule has 1 unspecified atom stereocenters. The lowest BCUT2D eigenvalue weighted by Gasteiger charge is -2.45. The van der Waals surface area contributed by atoms with E-state index in [0.29, 0.717) is 6.61 Å². The summed E-state index contributed by atoms with van der Waals surface area (Å²) in [6.07, 6.45) is 6.29. The minimum Gasteiger partial charge on any atom is -0.416 e. The number of aliphatic hydroxyl groups is 3. The monoisotopic (exact) mass is 530 g/mol. The van der Waals surface area contributed by atoms with E-state index in [1.54, 1.807) is 19.1 Å². The minimum absolute atomic E-state index is 0.0654.